The van der Waals surface area contributed by atoms with Gasteiger partial charge in [-0.05, 0) is 45.2 Å². The highest BCUT2D eigenvalue weighted by molar-refractivity contribution is 7.93. The van der Waals surface area contributed by atoms with Crippen LogP contribution in [0.4, 0.5) is 0 Å². The van der Waals surface area contributed by atoms with Crippen molar-refractivity contribution in [1.82, 2.24) is 4.90 Å². The Hall–Kier alpha value is -1.89. The third-order valence-electron chi connectivity index (χ3n) is 5.92. The van der Waals surface area contributed by atoms with E-state index in [0.717, 1.165) is 5.56 Å². The van der Waals surface area contributed by atoms with E-state index < -0.39 is 31.9 Å². The van der Waals surface area contributed by atoms with E-state index in [-0.39, 0.29) is 18.0 Å². The van der Waals surface area contributed by atoms with Crippen LogP contribution in [0.15, 0.2) is 29.2 Å². The van der Waals surface area contributed by atoms with Crippen LogP contribution in [0.1, 0.15) is 44.6 Å². The van der Waals surface area contributed by atoms with Crippen molar-refractivity contribution >= 4 is 21.7 Å². The highest BCUT2D eigenvalue weighted by Crippen LogP contribution is 2.43. The second-order valence-electron chi connectivity index (χ2n) is 7.86. The van der Waals surface area contributed by atoms with Crippen LogP contribution in [0.2, 0.25) is 0 Å². The van der Waals surface area contributed by atoms with Crippen LogP contribution in [0, 0.1) is 12.3 Å². The number of hydrogen-bond acceptors (Lipinski definition) is 4. The van der Waals surface area contributed by atoms with Gasteiger partial charge in [0, 0.05) is 13.1 Å². The van der Waals surface area contributed by atoms with Crippen LogP contribution in [0.25, 0.3) is 0 Å². The van der Waals surface area contributed by atoms with Crippen molar-refractivity contribution in [3.8, 4) is 0 Å². The van der Waals surface area contributed by atoms with E-state index in [0.29, 0.717) is 32.1 Å². The molecule has 1 atom stereocenters. The third kappa shape index (κ3) is 2.82. The Morgan fingerprint density at radius 2 is 1.65 bits per heavy atom. The molecule has 1 aliphatic carbocycles. The second kappa shape index (κ2) is 6.37. The van der Waals surface area contributed by atoms with Crippen molar-refractivity contribution in [2.45, 2.75) is 55.6 Å². The molecule has 1 unspecified atom stereocenters. The van der Waals surface area contributed by atoms with Crippen LogP contribution in [-0.2, 0) is 19.4 Å². The number of carbonyl (C=O) groups is 2. The molecular weight excluding hydrogens is 354 g/mol. The van der Waals surface area contributed by atoms with Crippen LogP contribution in [0.3, 0.4) is 0 Å². The van der Waals surface area contributed by atoms with Crippen molar-refractivity contribution in [2.24, 2.45) is 5.41 Å². The zero-order valence-electron chi connectivity index (χ0n) is 15.2. The molecule has 0 bridgehead atoms. The topological polar surface area (TPSA) is 91.8 Å². The predicted octanol–water partition coefficient (Wildman–Crippen LogP) is 2.40. The number of carbonyl (C=O) groups excluding carboxylic acids is 1. The van der Waals surface area contributed by atoms with E-state index in [2.05, 4.69) is 0 Å². The zero-order chi connectivity index (χ0) is 19.2. The van der Waals surface area contributed by atoms with Crippen LogP contribution < -0.4 is 0 Å². The van der Waals surface area contributed by atoms with Gasteiger partial charge in [-0.15, -0.1) is 0 Å². The number of aliphatic carboxylic acids is 1. The first-order valence-corrected chi connectivity index (χ1v) is 10.4. The molecule has 142 valence electrons. The first-order chi connectivity index (χ1) is 12.1. The Balaban J connectivity index is 1.97. The summed E-state index contributed by atoms with van der Waals surface area (Å²) in [7, 11) is -3.85. The largest absolute Gasteiger partial charge is 0.481 e. The SMILES string of the molecule is Cc1ccc(S(=O)(=O)C2(C(=O)N3CCC(C)(C(=O)O)C3)CCCC2)cc1. The van der Waals surface area contributed by atoms with Gasteiger partial charge < -0.3 is 10.0 Å². The molecule has 2 fully saturated rings. The maximum Gasteiger partial charge on any atom is 0.311 e. The molecule has 1 aromatic carbocycles. The minimum Gasteiger partial charge on any atom is -0.481 e. The minimum atomic E-state index is -3.85. The molecule has 6 nitrogen and oxygen atoms in total. The molecule has 1 saturated carbocycles. The normalized spacial score (nSPS) is 25.4. The van der Waals surface area contributed by atoms with Gasteiger partial charge in [-0.3, -0.25) is 9.59 Å². The predicted molar refractivity (Wildman–Crippen MR) is 96.5 cm³/mol. The molecule has 2 aliphatic rings. The molecule has 0 aromatic heterocycles. The van der Waals surface area contributed by atoms with E-state index >= 15 is 0 Å². The highest BCUT2D eigenvalue weighted by Gasteiger charge is 2.56. The van der Waals surface area contributed by atoms with Gasteiger partial charge in [0.25, 0.3) is 0 Å². The number of hydrogen-bond donors (Lipinski definition) is 1. The molecular formula is C19H25NO5S. The monoisotopic (exact) mass is 379 g/mol. The van der Waals surface area contributed by atoms with Gasteiger partial charge in [-0.2, -0.15) is 0 Å². The van der Waals surface area contributed by atoms with Crippen molar-refractivity contribution in [1.29, 1.82) is 0 Å². The van der Waals surface area contributed by atoms with Crippen LogP contribution in [-0.4, -0.2) is 48.1 Å². The lowest BCUT2D eigenvalue weighted by Gasteiger charge is -2.32. The number of benzene rings is 1. The Labute approximate surface area is 154 Å². The van der Waals surface area contributed by atoms with Gasteiger partial charge in [0.05, 0.1) is 10.3 Å². The molecule has 1 amide bonds. The van der Waals surface area contributed by atoms with Crippen molar-refractivity contribution in [2.75, 3.05) is 13.1 Å². The van der Waals surface area contributed by atoms with Gasteiger partial charge in [0.15, 0.2) is 14.6 Å². The van der Waals surface area contributed by atoms with E-state index in [4.69, 9.17) is 0 Å². The third-order valence-corrected chi connectivity index (χ3v) is 8.43. The Morgan fingerprint density at radius 1 is 1.08 bits per heavy atom. The summed E-state index contributed by atoms with van der Waals surface area (Å²) in [6.45, 7) is 3.83. The molecule has 1 N–H and O–H groups in total. The standard InChI is InChI=1S/C19H25NO5S/c1-14-5-7-15(8-6-14)26(24,25)19(9-3-4-10-19)16(21)20-12-11-18(2,13-20)17(22)23/h5-8H,3-4,9-13H2,1-2H3,(H,22,23). The summed E-state index contributed by atoms with van der Waals surface area (Å²) in [6.07, 6.45) is 2.29. The highest BCUT2D eigenvalue weighted by atomic mass is 32.2. The van der Waals surface area contributed by atoms with Crippen LogP contribution >= 0.6 is 0 Å². The van der Waals surface area contributed by atoms with Crippen molar-refractivity contribution < 1.29 is 23.1 Å². The Bertz CT molecular complexity index is 824. The molecule has 1 aliphatic heterocycles. The number of aryl methyl sites for hydroxylation is 1. The maximum atomic E-state index is 13.4. The Morgan fingerprint density at radius 3 is 2.15 bits per heavy atom. The van der Waals surface area contributed by atoms with Gasteiger partial charge in [0.2, 0.25) is 5.91 Å². The molecule has 0 radical (unpaired) electrons. The number of nitrogens with zero attached hydrogens (tertiary/aromatic N) is 1. The minimum absolute atomic E-state index is 0.0618. The van der Waals surface area contributed by atoms with Crippen molar-refractivity contribution in [3.63, 3.8) is 0 Å². The molecule has 1 aromatic rings. The van der Waals surface area contributed by atoms with Crippen molar-refractivity contribution in [3.05, 3.63) is 29.8 Å². The summed E-state index contributed by atoms with van der Waals surface area (Å²) in [5.74, 6) is -1.38. The number of likely N-dealkylation sites (tertiary alicyclic amines) is 1. The van der Waals surface area contributed by atoms with Crippen LogP contribution in [0.5, 0.6) is 0 Å². The van der Waals surface area contributed by atoms with Gasteiger partial charge in [-0.1, -0.05) is 30.5 Å². The summed E-state index contributed by atoms with van der Waals surface area (Å²) in [5, 5.41) is 9.41. The second-order valence-corrected chi connectivity index (χ2v) is 10.1. The summed E-state index contributed by atoms with van der Waals surface area (Å²) in [6, 6.07) is 6.58. The fraction of sp³-hybridized carbons (Fsp3) is 0.579. The molecule has 3 rings (SSSR count). The lowest BCUT2D eigenvalue weighted by molar-refractivity contribution is -0.147. The first kappa shape index (κ1) is 18.9. The maximum absolute atomic E-state index is 13.4. The molecule has 7 heteroatoms. The van der Waals surface area contributed by atoms with Gasteiger partial charge in [0.1, 0.15) is 0 Å². The first-order valence-electron chi connectivity index (χ1n) is 8.97. The van der Waals surface area contributed by atoms with E-state index in [1.807, 2.05) is 6.92 Å². The zero-order valence-corrected chi connectivity index (χ0v) is 16.0. The number of carboxylic acid groups (broad SMARTS) is 1. The molecule has 1 saturated heterocycles. The number of sulfone groups is 1. The number of amides is 1. The average Bonchev–Trinajstić information content (AvgIpc) is 3.23. The van der Waals surface area contributed by atoms with E-state index in [9.17, 15) is 23.1 Å². The summed E-state index contributed by atoms with van der Waals surface area (Å²) < 4.78 is 25.3. The average molecular weight is 379 g/mol. The Kier molecular flexibility index (Phi) is 4.63. The molecule has 26 heavy (non-hydrogen) atoms. The summed E-state index contributed by atoms with van der Waals surface area (Å²) >= 11 is 0. The molecule has 1 heterocycles. The number of rotatable bonds is 4. The quantitative estimate of drug-likeness (QED) is 0.867. The smallest absolute Gasteiger partial charge is 0.311 e. The summed E-state index contributed by atoms with van der Waals surface area (Å²) in [5.41, 5.74) is -0.0594. The van der Waals surface area contributed by atoms with Gasteiger partial charge >= 0.3 is 5.97 Å². The summed E-state index contributed by atoms with van der Waals surface area (Å²) in [4.78, 5) is 26.4. The number of carboxylic acids is 1. The van der Waals surface area contributed by atoms with Gasteiger partial charge in [-0.25, -0.2) is 8.42 Å². The van der Waals surface area contributed by atoms with E-state index in [1.165, 1.54) is 4.90 Å². The lowest BCUT2D eigenvalue weighted by Crippen LogP contribution is -2.52. The van der Waals surface area contributed by atoms with E-state index in [1.54, 1.807) is 31.2 Å². The lowest BCUT2D eigenvalue weighted by atomic mass is 9.90. The fourth-order valence-corrected chi connectivity index (χ4v) is 6.21. The molecule has 0 spiro atoms. The fourth-order valence-electron chi connectivity index (χ4n) is 4.08.